The van der Waals surface area contributed by atoms with Gasteiger partial charge in [-0.05, 0) is 180 Å². The highest BCUT2D eigenvalue weighted by Gasteiger charge is 2.45. The second-order valence-corrected chi connectivity index (χ2v) is 28.9. The highest BCUT2D eigenvalue weighted by molar-refractivity contribution is 6.47. The molecular weight excluding hydrogens is 1350 g/mol. The average molecular weight is 1450 g/mol. The molecule has 0 atom stereocenters. The van der Waals surface area contributed by atoms with Gasteiger partial charge in [0.1, 0.15) is 22.8 Å². The number of benzene rings is 8. The maximum Gasteiger partial charge on any atom is 0.331 e. The SMILES string of the molecule is CC(=O)O/N=C(\C)C(=O)c1ccc2c(c1)C(C)(C)c1ccccc1-2.CCC1(CC)c2ccccc2-c2ccc(C(=O)/C(C)=N/OC(C)=O)cc21.CCCC1(CCC)c2ccccc2-c2ccc(C(=O)/C(C)=N/OC(C)=O)cc21.CCCCC1(CCCC)c2ccccc2-c2ccc(C(=O)/C(C)=N/OC(C)=O)cc21. The van der Waals surface area contributed by atoms with Crippen LogP contribution in [0.1, 0.15) is 274 Å². The Morgan fingerprint density at radius 1 is 0.278 bits per heavy atom. The Balaban J connectivity index is 0.000000167. The summed E-state index contributed by atoms with van der Waals surface area (Å²) in [6.07, 6.45) is 12.9. The van der Waals surface area contributed by atoms with E-state index in [-0.39, 0.29) is 67.6 Å². The molecule has 0 N–H and O–H groups in total. The highest BCUT2D eigenvalue weighted by atomic mass is 16.7. The molecule has 0 saturated heterocycles. The van der Waals surface area contributed by atoms with Crippen molar-refractivity contribution >= 4 is 69.9 Å². The minimum atomic E-state index is -0.548. The van der Waals surface area contributed by atoms with Gasteiger partial charge in [-0.3, -0.25) is 19.2 Å². The van der Waals surface area contributed by atoms with Gasteiger partial charge < -0.3 is 19.4 Å². The van der Waals surface area contributed by atoms with Crippen molar-refractivity contribution in [1.82, 2.24) is 0 Å². The maximum atomic E-state index is 12.9. The van der Waals surface area contributed by atoms with Gasteiger partial charge in [-0.1, -0.05) is 260 Å². The van der Waals surface area contributed by atoms with Gasteiger partial charge in [-0.2, -0.15) is 0 Å². The van der Waals surface area contributed by atoms with Gasteiger partial charge >= 0.3 is 23.9 Å². The zero-order chi connectivity index (χ0) is 78.4. The van der Waals surface area contributed by atoms with E-state index in [1.807, 2.05) is 66.7 Å². The molecule has 0 fully saturated rings. The van der Waals surface area contributed by atoms with Crippen LogP contribution in [0.3, 0.4) is 0 Å². The highest BCUT2D eigenvalue weighted by Crippen LogP contribution is 2.57. The molecular formula is C92H100N4O12. The van der Waals surface area contributed by atoms with Crippen molar-refractivity contribution in [3.8, 4) is 44.5 Å². The van der Waals surface area contributed by atoms with Crippen LogP contribution in [0.2, 0.25) is 0 Å². The molecule has 16 heteroatoms. The van der Waals surface area contributed by atoms with Gasteiger partial charge in [0.05, 0.1) is 0 Å². The molecule has 560 valence electrons. The van der Waals surface area contributed by atoms with Crippen LogP contribution in [-0.4, -0.2) is 69.9 Å². The van der Waals surface area contributed by atoms with E-state index in [1.165, 1.54) is 106 Å². The van der Waals surface area contributed by atoms with Crippen LogP contribution in [0.4, 0.5) is 0 Å². The molecule has 8 aromatic carbocycles. The summed E-state index contributed by atoms with van der Waals surface area (Å²) >= 11 is 0. The van der Waals surface area contributed by atoms with Crippen LogP contribution in [0.25, 0.3) is 44.5 Å². The van der Waals surface area contributed by atoms with Crippen LogP contribution in [-0.2, 0) is 60.2 Å². The van der Waals surface area contributed by atoms with Crippen LogP contribution in [0, 0.1) is 0 Å². The fraction of sp³-hybridized carbons (Fsp3) is 0.348. The Bertz CT molecular complexity index is 4910. The molecule has 12 rings (SSSR count). The third-order valence-electron chi connectivity index (χ3n) is 21.5. The van der Waals surface area contributed by atoms with Gasteiger partial charge in [-0.25, -0.2) is 19.2 Å². The predicted octanol–water partition coefficient (Wildman–Crippen LogP) is 21.1. The molecule has 0 unspecified atom stereocenters. The summed E-state index contributed by atoms with van der Waals surface area (Å²) in [7, 11) is 0. The lowest BCUT2D eigenvalue weighted by Gasteiger charge is -2.32. The van der Waals surface area contributed by atoms with Gasteiger partial charge in [0, 0.05) is 71.6 Å². The molecule has 108 heavy (non-hydrogen) atoms. The minimum absolute atomic E-state index is 0.0603. The van der Waals surface area contributed by atoms with E-state index in [9.17, 15) is 38.4 Å². The fourth-order valence-corrected chi connectivity index (χ4v) is 16.3. The molecule has 0 saturated carbocycles. The molecule has 0 aliphatic heterocycles. The largest absolute Gasteiger partial charge is 0.331 e. The van der Waals surface area contributed by atoms with Crippen molar-refractivity contribution in [2.75, 3.05) is 0 Å². The van der Waals surface area contributed by atoms with Crippen LogP contribution >= 0.6 is 0 Å². The summed E-state index contributed by atoms with van der Waals surface area (Å²) in [6.45, 7) is 28.8. The van der Waals surface area contributed by atoms with Crippen molar-refractivity contribution in [2.45, 2.75) is 209 Å². The topological polar surface area (TPSA) is 223 Å². The maximum absolute atomic E-state index is 12.9. The summed E-state index contributed by atoms with van der Waals surface area (Å²) in [6, 6.07) is 57.5. The monoisotopic (exact) mass is 1450 g/mol. The standard InChI is InChI=1S/C26H31NO3.C24H27NO3.C22H23NO3.C20H19NO3/c1-5-7-15-26(16-8-6-2)23-12-10-9-11-21(23)22-14-13-20(17-24(22)26)25(29)18(3)27-30-19(4)28;1-5-13-24(14-6-2)21-10-8-7-9-19(21)20-12-11-18(15-22(20)24)23(27)16(3)25-28-17(4)26;1-5-22(6-2)19-10-8-7-9-17(19)18-12-11-16(13-20(18)22)21(25)14(3)23-26-15(4)24;1-12(21-24-13(2)22)19(23)14-9-10-16-15-7-5-6-8-17(15)20(3,4)18(16)11-14/h9-14,17H,5-8,15-16H2,1-4H3;7-12,15H,5-6,13-14H2,1-4H3;7-13H,5-6H2,1-4H3;5-11H,1-4H3/b27-18+;25-16+;23-14+;21-12+. The summed E-state index contributed by atoms with van der Waals surface area (Å²) < 4.78 is 0. The number of ketones is 4. The van der Waals surface area contributed by atoms with Crippen molar-refractivity contribution < 1.29 is 57.7 Å². The predicted molar refractivity (Wildman–Crippen MR) is 428 cm³/mol. The molecule has 0 aromatic heterocycles. The number of hydrogen-bond donors (Lipinski definition) is 0. The van der Waals surface area contributed by atoms with E-state index < -0.39 is 23.9 Å². The lowest BCUT2D eigenvalue weighted by atomic mass is 9.70. The average Bonchev–Trinajstić information content (AvgIpc) is 1.60. The van der Waals surface area contributed by atoms with Gasteiger partial charge in [0.2, 0.25) is 23.1 Å². The molecule has 16 nitrogen and oxygen atoms in total. The molecule has 0 heterocycles. The van der Waals surface area contributed by atoms with E-state index in [0.717, 1.165) is 88.2 Å². The van der Waals surface area contributed by atoms with Crippen molar-refractivity contribution in [3.05, 3.63) is 237 Å². The third-order valence-corrected chi connectivity index (χ3v) is 21.5. The summed E-state index contributed by atoms with van der Waals surface area (Å²) in [5, 5.41) is 14.6. The second-order valence-electron chi connectivity index (χ2n) is 28.9. The number of carbonyl (C=O) groups excluding carboxylic acids is 8. The van der Waals surface area contributed by atoms with Crippen LogP contribution < -0.4 is 0 Å². The molecule has 4 aliphatic carbocycles. The Hall–Kier alpha value is -11.0. The fourth-order valence-electron chi connectivity index (χ4n) is 16.3. The van der Waals surface area contributed by atoms with E-state index in [2.05, 4.69) is 192 Å². The van der Waals surface area contributed by atoms with Crippen LogP contribution in [0.5, 0.6) is 0 Å². The molecule has 0 amide bonds. The summed E-state index contributed by atoms with van der Waals surface area (Å²) in [5.41, 5.74) is 22.5. The lowest BCUT2D eigenvalue weighted by molar-refractivity contribution is -0.141. The zero-order valence-corrected chi connectivity index (χ0v) is 65.3. The first kappa shape index (κ1) is 81.1. The van der Waals surface area contributed by atoms with Crippen molar-refractivity contribution in [1.29, 1.82) is 0 Å². The Morgan fingerprint density at radius 3 is 0.806 bits per heavy atom. The smallest absolute Gasteiger partial charge is 0.318 e. The minimum Gasteiger partial charge on any atom is -0.318 e. The third kappa shape index (κ3) is 16.6. The molecule has 8 aromatic rings. The number of Topliss-reactive ketones (excluding diaryl/α,β-unsaturated/α-hetero) is 4. The van der Waals surface area contributed by atoms with Crippen LogP contribution in [0.15, 0.2) is 190 Å². The molecule has 0 bridgehead atoms. The van der Waals surface area contributed by atoms with E-state index >= 15 is 0 Å². The molecule has 0 radical (unpaired) electrons. The van der Waals surface area contributed by atoms with Crippen molar-refractivity contribution in [2.24, 2.45) is 20.6 Å². The number of fused-ring (bicyclic) bond motifs is 12. The van der Waals surface area contributed by atoms with E-state index in [1.54, 1.807) is 33.8 Å². The molecule has 4 aliphatic rings. The number of unbranched alkanes of at least 4 members (excludes halogenated alkanes) is 2. The Morgan fingerprint density at radius 2 is 0.519 bits per heavy atom. The molecule has 0 spiro atoms. The normalized spacial score (nSPS) is 14.4. The lowest BCUT2D eigenvalue weighted by Crippen LogP contribution is -2.26. The van der Waals surface area contributed by atoms with E-state index in [4.69, 9.17) is 0 Å². The van der Waals surface area contributed by atoms with E-state index in [0.29, 0.717) is 22.3 Å². The number of carbonyl (C=O) groups is 8. The number of rotatable bonds is 24. The summed E-state index contributed by atoms with van der Waals surface area (Å²) in [5.74, 6) is -3.08. The van der Waals surface area contributed by atoms with Gasteiger partial charge in [-0.15, -0.1) is 0 Å². The van der Waals surface area contributed by atoms with Crippen molar-refractivity contribution in [3.63, 3.8) is 0 Å². The zero-order valence-electron chi connectivity index (χ0n) is 65.3. The first-order valence-corrected chi connectivity index (χ1v) is 37.7. The Kier molecular flexibility index (Phi) is 26.4. The van der Waals surface area contributed by atoms with Gasteiger partial charge in [0.25, 0.3) is 0 Å². The second kappa shape index (κ2) is 35.1. The first-order valence-electron chi connectivity index (χ1n) is 37.7. The number of hydrogen-bond acceptors (Lipinski definition) is 16. The quantitative estimate of drug-likeness (QED) is 0.0238. The Labute approximate surface area is 635 Å². The summed E-state index contributed by atoms with van der Waals surface area (Å²) in [4.78, 5) is 113. The first-order chi connectivity index (χ1) is 51.6. The van der Waals surface area contributed by atoms with Gasteiger partial charge in [0.15, 0.2) is 0 Å². The number of oxime groups is 4. The number of nitrogens with zero attached hydrogens (tertiary/aromatic N) is 4.